The fourth-order valence-electron chi connectivity index (χ4n) is 2.12. The molecule has 1 atom stereocenters. The van der Waals surface area contributed by atoms with Crippen molar-refractivity contribution in [1.29, 1.82) is 0 Å². The van der Waals surface area contributed by atoms with Crippen LogP contribution in [0.25, 0.3) is 0 Å². The number of para-hydroxylation sites is 2. The average molecular weight is 293 g/mol. The minimum absolute atomic E-state index is 0.0750. The Kier molecular flexibility index (Phi) is 4.62. The van der Waals surface area contributed by atoms with Crippen LogP contribution in [0.4, 0.5) is 14.5 Å². The van der Waals surface area contributed by atoms with Gasteiger partial charge in [0.2, 0.25) is 0 Å². The predicted molar refractivity (Wildman–Crippen MR) is 78.0 cm³/mol. The molecule has 0 spiro atoms. The third-order valence-electron chi connectivity index (χ3n) is 3.13. The van der Waals surface area contributed by atoms with Crippen molar-refractivity contribution in [2.75, 3.05) is 5.32 Å². The molecule has 112 valence electrons. The number of nitrogens with one attached hydrogen (secondary N) is 1. The van der Waals surface area contributed by atoms with E-state index in [1.165, 1.54) is 6.07 Å². The van der Waals surface area contributed by atoms with E-state index in [1.807, 2.05) is 19.9 Å². The molecule has 0 aliphatic heterocycles. The molecule has 0 saturated carbocycles. The maximum absolute atomic E-state index is 12.4. The van der Waals surface area contributed by atoms with Gasteiger partial charge in [0.1, 0.15) is 11.5 Å². The molecule has 2 aromatic rings. The molecule has 0 saturated heterocycles. The molecule has 0 aliphatic rings. The van der Waals surface area contributed by atoms with E-state index in [-0.39, 0.29) is 17.5 Å². The second-order valence-corrected chi connectivity index (χ2v) is 4.80. The van der Waals surface area contributed by atoms with Gasteiger partial charge in [-0.05, 0) is 37.6 Å². The maximum atomic E-state index is 12.4. The van der Waals surface area contributed by atoms with Crippen LogP contribution in [0, 0.1) is 6.92 Å². The highest BCUT2D eigenvalue weighted by Gasteiger charge is 2.14. The lowest BCUT2D eigenvalue weighted by Crippen LogP contribution is -2.10. The highest BCUT2D eigenvalue weighted by molar-refractivity contribution is 5.58. The molecule has 0 heterocycles. The van der Waals surface area contributed by atoms with E-state index in [0.29, 0.717) is 11.3 Å². The Labute approximate surface area is 122 Å². The molecule has 21 heavy (non-hydrogen) atoms. The van der Waals surface area contributed by atoms with Crippen LogP contribution in [-0.4, -0.2) is 11.7 Å². The number of anilines is 1. The zero-order valence-electron chi connectivity index (χ0n) is 11.8. The first kappa shape index (κ1) is 15.1. The summed E-state index contributed by atoms with van der Waals surface area (Å²) in [5, 5.41) is 13.0. The van der Waals surface area contributed by atoms with Crippen LogP contribution in [0.15, 0.2) is 42.5 Å². The molecule has 2 rings (SSSR count). The van der Waals surface area contributed by atoms with E-state index in [9.17, 15) is 13.9 Å². The van der Waals surface area contributed by atoms with E-state index < -0.39 is 6.61 Å². The van der Waals surface area contributed by atoms with Gasteiger partial charge in [-0.1, -0.05) is 24.3 Å². The van der Waals surface area contributed by atoms with Crippen LogP contribution in [0.5, 0.6) is 11.5 Å². The first-order valence-electron chi connectivity index (χ1n) is 6.57. The summed E-state index contributed by atoms with van der Waals surface area (Å²) in [6.45, 7) is 0.840. The number of benzene rings is 2. The second kappa shape index (κ2) is 6.43. The van der Waals surface area contributed by atoms with Gasteiger partial charge in [0.05, 0.1) is 11.7 Å². The minimum Gasteiger partial charge on any atom is -0.508 e. The van der Waals surface area contributed by atoms with Crippen molar-refractivity contribution in [1.82, 2.24) is 0 Å². The lowest BCUT2D eigenvalue weighted by Gasteiger charge is -2.19. The number of aromatic hydroxyl groups is 1. The monoisotopic (exact) mass is 293 g/mol. The van der Waals surface area contributed by atoms with E-state index >= 15 is 0 Å². The van der Waals surface area contributed by atoms with Gasteiger partial charge >= 0.3 is 6.61 Å². The normalized spacial score (nSPS) is 12.2. The van der Waals surface area contributed by atoms with Crippen LogP contribution in [0.2, 0.25) is 0 Å². The van der Waals surface area contributed by atoms with Crippen molar-refractivity contribution in [3.05, 3.63) is 53.6 Å². The van der Waals surface area contributed by atoms with Gasteiger partial charge in [-0.15, -0.1) is 0 Å². The van der Waals surface area contributed by atoms with Crippen LogP contribution < -0.4 is 10.1 Å². The lowest BCUT2D eigenvalue weighted by molar-refractivity contribution is -0.0493. The Morgan fingerprint density at radius 1 is 1.14 bits per heavy atom. The molecule has 2 aromatic carbocycles. The summed E-state index contributed by atoms with van der Waals surface area (Å²) >= 11 is 0. The number of phenolic OH excluding ortho intramolecular Hbond substituents is 1. The molecule has 2 N–H and O–H groups in total. The molecule has 0 aliphatic carbocycles. The Morgan fingerprint density at radius 3 is 2.52 bits per heavy atom. The Hall–Kier alpha value is -2.30. The third kappa shape index (κ3) is 3.84. The zero-order chi connectivity index (χ0) is 15.4. The van der Waals surface area contributed by atoms with E-state index in [1.54, 1.807) is 30.3 Å². The number of hydrogen-bond donors (Lipinski definition) is 2. The van der Waals surface area contributed by atoms with Crippen molar-refractivity contribution in [2.45, 2.75) is 26.5 Å². The standard InChI is InChI=1S/C16H17F2NO2/c1-10-7-8-12(14(20)9-10)11(2)19-13-5-3-4-6-15(13)21-16(17)18/h3-9,11,16,19-20H,1-2H3. The lowest BCUT2D eigenvalue weighted by atomic mass is 10.0. The Balaban J connectivity index is 2.21. The second-order valence-electron chi connectivity index (χ2n) is 4.80. The van der Waals surface area contributed by atoms with Crippen molar-refractivity contribution in [2.24, 2.45) is 0 Å². The Bertz CT molecular complexity index is 617. The third-order valence-corrected chi connectivity index (χ3v) is 3.13. The fraction of sp³-hybridized carbons (Fsp3) is 0.250. The number of hydrogen-bond acceptors (Lipinski definition) is 3. The number of phenols is 1. The summed E-state index contributed by atoms with van der Waals surface area (Å²) in [4.78, 5) is 0. The number of alkyl halides is 2. The Morgan fingerprint density at radius 2 is 1.86 bits per heavy atom. The molecule has 0 radical (unpaired) electrons. The van der Waals surface area contributed by atoms with E-state index in [4.69, 9.17) is 0 Å². The number of halogens is 2. The summed E-state index contributed by atoms with van der Waals surface area (Å²) < 4.78 is 29.2. The number of rotatable bonds is 5. The number of aryl methyl sites for hydroxylation is 1. The largest absolute Gasteiger partial charge is 0.508 e. The van der Waals surface area contributed by atoms with Crippen molar-refractivity contribution < 1.29 is 18.6 Å². The van der Waals surface area contributed by atoms with Crippen LogP contribution >= 0.6 is 0 Å². The number of ether oxygens (including phenoxy) is 1. The van der Waals surface area contributed by atoms with E-state index in [2.05, 4.69) is 10.1 Å². The van der Waals surface area contributed by atoms with Crippen molar-refractivity contribution in [3.63, 3.8) is 0 Å². The summed E-state index contributed by atoms with van der Waals surface area (Å²) in [7, 11) is 0. The topological polar surface area (TPSA) is 41.5 Å². The molecule has 0 amide bonds. The van der Waals surface area contributed by atoms with Gasteiger partial charge in [-0.3, -0.25) is 0 Å². The summed E-state index contributed by atoms with van der Waals surface area (Å²) in [5.41, 5.74) is 2.09. The predicted octanol–water partition coefficient (Wildman–Crippen LogP) is 4.48. The maximum Gasteiger partial charge on any atom is 0.387 e. The van der Waals surface area contributed by atoms with Crippen molar-refractivity contribution >= 4 is 5.69 Å². The molecule has 1 unspecified atom stereocenters. The molecule has 0 aromatic heterocycles. The minimum atomic E-state index is -2.88. The molecular weight excluding hydrogens is 276 g/mol. The summed E-state index contributed by atoms with van der Waals surface area (Å²) in [6, 6.07) is 11.6. The molecule has 5 heteroatoms. The first-order chi connectivity index (χ1) is 9.97. The van der Waals surface area contributed by atoms with Gasteiger partial charge in [-0.25, -0.2) is 0 Å². The van der Waals surface area contributed by atoms with Crippen molar-refractivity contribution in [3.8, 4) is 11.5 Å². The van der Waals surface area contributed by atoms with Crippen LogP contribution in [0.3, 0.4) is 0 Å². The van der Waals surface area contributed by atoms with Gasteiger partial charge in [0.15, 0.2) is 0 Å². The van der Waals surface area contributed by atoms with Crippen LogP contribution in [-0.2, 0) is 0 Å². The van der Waals surface area contributed by atoms with Gasteiger partial charge in [-0.2, -0.15) is 8.78 Å². The molecular formula is C16H17F2NO2. The summed E-state index contributed by atoms with van der Waals surface area (Å²) in [5.74, 6) is 0.244. The SMILES string of the molecule is Cc1ccc(C(C)Nc2ccccc2OC(F)F)c(O)c1. The van der Waals surface area contributed by atoms with Gasteiger partial charge < -0.3 is 15.2 Å². The first-order valence-corrected chi connectivity index (χ1v) is 6.57. The van der Waals surface area contributed by atoms with Crippen LogP contribution in [0.1, 0.15) is 24.1 Å². The highest BCUT2D eigenvalue weighted by Crippen LogP contribution is 2.32. The molecule has 3 nitrogen and oxygen atoms in total. The highest BCUT2D eigenvalue weighted by atomic mass is 19.3. The summed E-state index contributed by atoms with van der Waals surface area (Å²) in [6.07, 6.45) is 0. The quantitative estimate of drug-likeness (QED) is 0.854. The molecule has 0 bridgehead atoms. The smallest absolute Gasteiger partial charge is 0.387 e. The van der Waals surface area contributed by atoms with Gasteiger partial charge in [0.25, 0.3) is 0 Å². The van der Waals surface area contributed by atoms with E-state index in [0.717, 1.165) is 5.56 Å². The average Bonchev–Trinajstić information content (AvgIpc) is 2.40. The van der Waals surface area contributed by atoms with Gasteiger partial charge in [0, 0.05) is 5.56 Å². The zero-order valence-corrected chi connectivity index (χ0v) is 11.8. The molecule has 0 fully saturated rings. The fourth-order valence-corrected chi connectivity index (χ4v) is 2.12.